The first kappa shape index (κ1) is 20.9. The van der Waals surface area contributed by atoms with Gasteiger partial charge in [0.2, 0.25) is 0 Å². The molecule has 156 valence electrons. The number of ether oxygens (including phenoxy) is 1. The molecule has 2 fully saturated rings. The highest BCUT2D eigenvalue weighted by molar-refractivity contribution is 5.79. The van der Waals surface area contributed by atoms with E-state index < -0.39 is 0 Å². The molecule has 2 N–H and O–H groups in total. The van der Waals surface area contributed by atoms with Crippen LogP contribution in [0.1, 0.15) is 56.9 Å². The smallest absolute Gasteiger partial charge is 0.191 e. The summed E-state index contributed by atoms with van der Waals surface area (Å²) in [4.78, 5) is 11.5. The first-order valence-electron chi connectivity index (χ1n) is 10.9. The number of nitrogens with zero attached hydrogens (tertiary/aromatic N) is 3. The summed E-state index contributed by atoms with van der Waals surface area (Å²) in [6.07, 6.45) is 12.2. The van der Waals surface area contributed by atoms with Crippen molar-refractivity contribution in [2.45, 2.75) is 57.9 Å². The molecule has 0 unspecified atom stereocenters. The molecular weight excluding hydrogens is 350 g/mol. The third-order valence-corrected chi connectivity index (χ3v) is 6.30. The number of nitrogens with one attached hydrogen (secondary N) is 2. The van der Waals surface area contributed by atoms with Gasteiger partial charge in [0.15, 0.2) is 5.96 Å². The van der Waals surface area contributed by atoms with Gasteiger partial charge in [-0.25, -0.2) is 4.98 Å². The fraction of sp³-hybridized carbons (Fsp3) is 0.727. The summed E-state index contributed by atoms with van der Waals surface area (Å²) in [5.41, 5.74) is 1.56. The number of rotatable bonds is 8. The molecule has 2 aliphatic rings. The molecule has 6 nitrogen and oxygen atoms in total. The topological polar surface area (TPSA) is 61.8 Å². The van der Waals surface area contributed by atoms with E-state index in [1.807, 2.05) is 13.2 Å². The molecule has 1 saturated heterocycles. The van der Waals surface area contributed by atoms with Gasteiger partial charge in [0.05, 0.1) is 0 Å². The fourth-order valence-electron chi connectivity index (χ4n) is 4.20. The highest BCUT2D eigenvalue weighted by atomic mass is 16.5. The number of pyridine rings is 1. The first-order chi connectivity index (χ1) is 13.7. The van der Waals surface area contributed by atoms with E-state index in [4.69, 9.17) is 9.72 Å². The van der Waals surface area contributed by atoms with Gasteiger partial charge >= 0.3 is 0 Å². The molecule has 0 spiro atoms. The lowest BCUT2D eigenvalue weighted by Gasteiger charge is -2.42. The van der Waals surface area contributed by atoms with Crippen LogP contribution in [0.25, 0.3) is 0 Å². The van der Waals surface area contributed by atoms with Crippen molar-refractivity contribution in [1.82, 2.24) is 15.6 Å². The Morgan fingerprint density at radius 2 is 1.93 bits per heavy atom. The van der Waals surface area contributed by atoms with Crippen LogP contribution in [-0.4, -0.2) is 51.3 Å². The predicted molar refractivity (Wildman–Crippen MR) is 116 cm³/mol. The molecule has 1 saturated carbocycles. The van der Waals surface area contributed by atoms with Crippen molar-refractivity contribution >= 4 is 11.8 Å². The molecule has 0 bridgehead atoms. The van der Waals surface area contributed by atoms with Crippen LogP contribution < -0.4 is 15.5 Å². The second-order valence-electron chi connectivity index (χ2n) is 8.30. The Balaban J connectivity index is 1.45. The van der Waals surface area contributed by atoms with E-state index in [0.29, 0.717) is 5.41 Å². The van der Waals surface area contributed by atoms with Crippen molar-refractivity contribution in [3.63, 3.8) is 0 Å². The largest absolute Gasteiger partial charge is 0.385 e. The van der Waals surface area contributed by atoms with Gasteiger partial charge in [-0.2, -0.15) is 0 Å². The Kier molecular flexibility index (Phi) is 7.95. The molecule has 1 aromatic rings. The van der Waals surface area contributed by atoms with E-state index in [1.54, 1.807) is 7.11 Å². The number of hydrogen-bond donors (Lipinski definition) is 2. The zero-order chi connectivity index (χ0) is 19.7. The van der Waals surface area contributed by atoms with Crippen LogP contribution in [0, 0.1) is 5.41 Å². The van der Waals surface area contributed by atoms with Crippen molar-refractivity contribution in [2.24, 2.45) is 10.4 Å². The van der Waals surface area contributed by atoms with Gasteiger partial charge in [0.1, 0.15) is 5.82 Å². The van der Waals surface area contributed by atoms with E-state index in [0.717, 1.165) is 51.0 Å². The second kappa shape index (κ2) is 10.6. The predicted octanol–water partition coefficient (Wildman–Crippen LogP) is 3.33. The van der Waals surface area contributed by atoms with E-state index >= 15 is 0 Å². The van der Waals surface area contributed by atoms with Crippen LogP contribution in [0.2, 0.25) is 0 Å². The van der Waals surface area contributed by atoms with Crippen molar-refractivity contribution in [2.75, 3.05) is 45.3 Å². The number of guanidine groups is 1. The molecule has 0 radical (unpaired) electrons. The minimum absolute atomic E-state index is 0.379. The van der Waals surface area contributed by atoms with Crippen molar-refractivity contribution in [1.29, 1.82) is 0 Å². The molecular formula is C22H37N5O. The second-order valence-corrected chi connectivity index (χ2v) is 8.30. The van der Waals surface area contributed by atoms with Crippen LogP contribution in [0.3, 0.4) is 0 Å². The molecule has 1 aliphatic carbocycles. The quantitative estimate of drug-likeness (QED) is 0.529. The Morgan fingerprint density at radius 3 is 2.50 bits per heavy atom. The van der Waals surface area contributed by atoms with Crippen LogP contribution in [0.4, 0.5) is 5.82 Å². The minimum atomic E-state index is 0.379. The Hall–Kier alpha value is -1.82. The lowest BCUT2D eigenvalue weighted by Crippen LogP contribution is -2.46. The molecule has 1 aromatic heterocycles. The van der Waals surface area contributed by atoms with Gasteiger partial charge in [-0.1, -0.05) is 25.3 Å². The third kappa shape index (κ3) is 5.84. The van der Waals surface area contributed by atoms with Crippen molar-refractivity contribution in [3.8, 4) is 0 Å². The zero-order valence-electron chi connectivity index (χ0n) is 17.7. The molecule has 0 amide bonds. The SMILES string of the molecule is CN=C(NCc1ccc(N2CCCCCC2)nc1)NCC1(CCOC)CCC1. The summed E-state index contributed by atoms with van der Waals surface area (Å²) in [5, 5.41) is 6.94. The summed E-state index contributed by atoms with van der Waals surface area (Å²) in [6, 6.07) is 4.34. The summed E-state index contributed by atoms with van der Waals surface area (Å²) >= 11 is 0. The molecule has 1 aliphatic heterocycles. The van der Waals surface area contributed by atoms with Crippen LogP contribution in [0.5, 0.6) is 0 Å². The zero-order valence-corrected chi connectivity index (χ0v) is 17.7. The monoisotopic (exact) mass is 387 g/mol. The van der Waals surface area contributed by atoms with Gasteiger partial charge < -0.3 is 20.3 Å². The molecule has 0 aromatic carbocycles. The Bertz CT molecular complexity index is 604. The summed E-state index contributed by atoms with van der Waals surface area (Å²) in [5.74, 6) is 1.97. The average Bonchev–Trinajstić information content (AvgIpc) is 2.99. The van der Waals surface area contributed by atoms with E-state index in [1.165, 1.54) is 50.5 Å². The highest BCUT2D eigenvalue weighted by Gasteiger charge is 2.36. The van der Waals surface area contributed by atoms with Gasteiger partial charge in [-0.15, -0.1) is 0 Å². The fourth-order valence-corrected chi connectivity index (χ4v) is 4.20. The van der Waals surface area contributed by atoms with Crippen LogP contribution >= 0.6 is 0 Å². The Morgan fingerprint density at radius 1 is 1.14 bits per heavy atom. The highest BCUT2D eigenvalue weighted by Crippen LogP contribution is 2.43. The molecule has 6 heteroatoms. The Labute approximate surface area is 170 Å². The molecule has 2 heterocycles. The third-order valence-electron chi connectivity index (χ3n) is 6.30. The summed E-state index contributed by atoms with van der Waals surface area (Å²) < 4.78 is 5.29. The normalized spacial score (nSPS) is 19.6. The van der Waals surface area contributed by atoms with Gasteiger partial charge in [-0.05, 0) is 49.1 Å². The maximum Gasteiger partial charge on any atom is 0.191 e. The maximum absolute atomic E-state index is 5.29. The first-order valence-corrected chi connectivity index (χ1v) is 10.9. The summed E-state index contributed by atoms with van der Waals surface area (Å²) in [7, 11) is 3.62. The lowest BCUT2D eigenvalue weighted by atomic mass is 9.67. The van der Waals surface area contributed by atoms with Crippen LogP contribution in [-0.2, 0) is 11.3 Å². The van der Waals surface area contributed by atoms with E-state index in [2.05, 4.69) is 32.7 Å². The lowest BCUT2D eigenvalue weighted by molar-refractivity contribution is 0.0732. The van der Waals surface area contributed by atoms with E-state index in [-0.39, 0.29) is 0 Å². The number of aliphatic imine (C=N–C) groups is 1. The standard InChI is InChI=1S/C22H37N5O/c1-23-21(26-18-22(10-7-11-22)12-15-28-2)25-17-19-8-9-20(24-16-19)27-13-5-3-4-6-14-27/h8-9,16H,3-7,10-15,17-18H2,1-2H3,(H2,23,25,26). The number of methoxy groups -OCH3 is 1. The summed E-state index contributed by atoms with van der Waals surface area (Å²) in [6.45, 7) is 4.79. The number of anilines is 1. The van der Waals surface area contributed by atoms with Gasteiger partial charge in [-0.3, -0.25) is 4.99 Å². The number of aromatic nitrogens is 1. The number of hydrogen-bond acceptors (Lipinski definition) is 4. The van der Waals surface area contributed by atoms with Gasteiger partial charge in [0.25, 0.3) is 0 Å². The van der Waals surface area contributed by atoms with Crippen molar-refractivity contribution < 1.29 is 4.74 Å². The molecule has 3 rings (SSSR count). The minimum Gasteiger partial charge on any atom is -0.385 e. The van der Waals surface area contributed by atoms with Crippen LogP contribution in [0.15, 0.2) is 23.3 Å². The molecule has 28 heavy (non-hydrogen) atoms. The van der Waals surface area contributed by atoms with Crippen molar-refractivity contribution in [3.05, 3.63) is 23.9 Å². The average molecular weight is 388 g/mol. The van der Waals surface area contributed by atoms with E-state index in [9.17, 15) is 0 Å². The molecule has 0 atom stereocenters. The van der Waals surface area contributed by atoms with Gasteiger partial charge in [0, 0.05) is 53.1 Å². The maximum atomic E-state index is 5.29.